The van der Waals surface area contributed by atoms with E-state index in [4.69, 9.17) is 19.8 Å². The third kappa shape index (κ3) is 5.92. The number of nitrogens with zero attached hydrogens (tertiary/aromatic N) is 6. The van der Waals surface area contributed by atoms with Crippen LogP contribution in [0.5, 0.6) is 0 Å². The number of benzene rings is 2. The first-order valence-electron chi connectivity index (χ1n) is 17.1. The Morgan fingerprint density at radius 2 is 1.78 bits per heavy atom. The van der Waals surface area contributed by atoms with E-state index >= 15 is 0 Å². The minimum atomic E-state index is -0.966. The first kappa shape index (κ1) is 31.1. The number of morpholine rings is 1. The maximum absolute atomic E-state index is 13.1. The molecule has 4 aromatic rings. The number of amides is 4. The highest BCUT2D eigenvalue weighted by Crippen LogP contribution is 2.41. The van der Waals surface area contributed by atoms with Crippen LogP contribution in [0.15, 0.2) is 48.8 Å². The molecule has 1 unspecified atom stereocenters. The fourth-order valence-corrected chi connectivity index (χ4v) is 7.42. The van der Waals surface area contributed by atoms with Crippen molar-refractivity contribution in [1.29, 1.82) is 0 Å². The van der Waals surface area contributed by atoms with Gasteiger partial charge < -0.3 is 15.0 Å². The maximum atomic E-state index is 13.1. The average Bonchev–Trinajstić information content (AvgIpc) is 3.59. The van der Waals surface area contributed by atoms with Gasteiger partial charge >= 0.3 is 0 Å². The van der Waals surface area contributed by atoms with Gasteiger partial charge in [0, 0.05) is 49.2 Å². The topological polar surface area (TPSA) is 152 Å². The molecule has 5 heterocycles. The Morgan fingerprint density at radius 3 is 2.59 bits per heavy atom. The van der Waals surface area contributed by atoms with Gasteiger partial charge in [0.25, 0.3) is 11.8 Å². The first-order chi connectivity index (χ1) is 23.8. The van der Waals surface area contributed by atoms with Crippen LogP contribution in [0.25, 0.3) is 22.3 Å². The van der Waals surface area contributed by atoms with Crippen molar-refractivity contribution in [3.8, 4) is 11.3 Å². The van der Waals surface area contributed by atoms with Crippen molar-refractivity contribution in [3.05, 3.63) is 65.6 Å². The molecule has 2 saturated heterocycles. The zero-order valence-corrected chi connectivity index (χ0v) is 27.4. The zero-order valence-electron chi connectivity index (χ0n) is 27.4. The lowest BCUT2D eigenvalue weighted by Gasteiger charge is -2.35. The van der Waals surface area contributed by atoms with Gasteiger partial charge in [-0.25, -0.2) is 4.98 Å². The van der Waals surface area contributed by atoms with Gasteiger partial charge in [-0.15, -0.1) is 0 Å². The molecular formula is C36H38N8O5. The summed E-state index contributed by atoms with van der Waals surface area (Å²) in [5.74, 6) is -1.38. The third-order valence-corrected chi connectivity index (χ3v) is 10.2. The van der Waals surface area contributed by atoms with E-state index in [0.717, 1.165) is 103 Å². The summed E-state index contributed by atoms with van der Waals surface area (Å²) in [4.78, 5) is 62.9. The molecule has 252 valence electrons. The lowest BCUT2D eigenvalue weighted by atomic mass is 9.77. The van der Waals surface area contributed by atoms with Crippen molar-refractivity contribution in [2.75, 3.05) is 43.1 Å². The molecule has 13 heteroatoms. The van der Waals surface area contributed by atoms with Crippen molar-refractivity contribution < 1.29 is 23.9 Å². The summed E-state index contributed by atoms with van der Waals surface area (Å²) in [6.07, 6.45) is 8.37. The number of carbonyl (C=O) groups is 4. The number of imide groups is 2. The Balaban J connectivity index is 0.825. The normalized spacial score (nSPS) is 22.3. The van der Waals surface area contributed by atoms with Gasteiger partial charge in [-0.05, 0) is 81.3 Å². The molecule has 0 spiro atoms. The summed E-state index contributed by atoms with van der Waals surface area (Å²) in [6.45, 7) is 6.01. The van der Waals surface area contributed by atoms with Gasteiger partial charge in [-0.1, -0.05) is 0 Å². The summed E-state index contributed by atoms with van der Waals surface area (Å²) in [6, 6.07) is 10.8. The van der Waals surface area contributed by atoms with Gasteiger partial charge in [0.2, 0.25) is 11.8 Å². The molecular weight excluding hydrogens is 624 g/mol. The number of hydrogen-bond acceptors (Lipinski definition) is 10. The lowest BCUT2D eigenvalue weighted by Crippen LogP contribution is -2.54. The minimum absolute atomic E-state index is 0.0959. The molecule has 1 saturated carbocycles. The van der Waals surface area contributed by atoms with Crippen LogP contribution in [-0.4, -0.2) is 87.2 Å². The van der Waals surface area contributed by atoms with E-state index in [2.05, 4.69) is 38.5 Å². The number of rotatable bonds is 9. The van der Waals surface area contributed by atoms with Crippen molar-refractivity contribution in [2.24, 2.45) is 5.92 Å². The Hall–Kier alpha value is -5.17. The van der Waals surface area contributed by atoms with Crippen LogP contribution >= 0.6 is 0 Å². The van der Waals surface area contributed by atoms with E-state index in [1.807, 2.05) is 19.2 Å². The second-order valence-corrected chi connectivity index (χ2v) is 13.4. The highest BCUT2D eigenvalue weighted by Gasteiger charge is 2.44. The smallest absolute Gasteiger partial charge is 0.262 e. The molecule has 1 aliphatic carbocycles. The SMILES string of the molecule is Cc1nn(C2CC(CCCNc3ccc4c(c3)C(=O)N(C3CCC(=O)NC3=O)C4=O)C2)cc1-c1cnc2cc(N3CCOCC3)ccc2n1. The van der Waals surface area contributed by atoms with Crippen LogP contribution in [0, 0.1) is 12.8 Å². The van der Waals surface area contributed by atoms with Crippen molar-refractivity contribution in [3.63, 3.8) is 0 Å². The van der Waals surface area contributed by atoms with Crippen molar-refractivity contribution in [2.45, 2.75) is 57.5 Å². The fourth-order valence-electron chi connectivity index (χ4n) is 7.42. The summed E-state index contributed by atoms with van der Waals surface area (Å²) in [7, 11) is 0. The van der Waals surface area contributed by atoms with Crippen LogP contribution in [-0.2, 0) is 14.3 Å². The van der Waals surface area contributed by atoms with E-state index < -0.39 is 29.7 Å². The summed E-state index contributed by atoms with van der Waals surface area (Å²) in [5.41, 5.74) is 7.00. The van der Waals surface area contributed by atoms with E-state index in [1.165, 1.54) is 0 Å². The predicted molar refractivity (Wildman–Crippen MR) is 181 cm³/mol. The van der Waals surface area contributed by atoms with Crippen molar-refractivity contribution >= 4 is 46.0 Å². The van der Waals surface area contributed by atoms with Crippen LogP contribution in [0.4, 0.5) is 11.4 Å². The molecule has 49 heavy (non-hydrogen) atoms. The van der Waals surface area contributed by atoms with E-state index in [1.54, 1.807) is 18.2 Å². The number of piperidine rings is 1. The Morgan fingerprint density at radius 1 is 0.959 bits per heavy atom. The molecule has 13 nitrogen and oxygen atoms in total. The number of aryl methyl sites for hydroxylation is 1. The van der Waals surface area contributed by atoms with Gasteiger partial charge in [0.1, 0.15) is 6.04 Å². The monoisotopic (exact) mass is 662 g/mol. The highest BCUT2D eigenvalue weighted by atomic mass is 16.5. The second-order valence-electron chi connectivity index (χ2n) is 13.4. The number of aromatic nitrogens is 4. The van der Waals surface area contributed by atoms with E-state index in [0.29, 0.717) is 12.0 Å². The van der Waals surface area contributed by atoms with E-state index in [9.17, 15) is 19.2 Å². The molecule has 4 aliphatic rings. The maximum Gasteiger partial charge on any atom is 0.262 e. The largest absolute Gasteiger partial charge is 0.385 e. The summed E-state index contributed by atoms with van der Waals surface area (Å²) in [5, 5.41) is 10.5. The van der Waals surface area contributed by atoms with Gasteiger partial charge in [-0.2, -0.15) is 5.10 Å². The van der Waals surface area contributed by atoms with Crippen molar-refractivity contribution in [1.82, 2.24) is 30.0 Å². The zero-order chi connectivity index (χ0) is 33.6. The summed E-state index contributed by atoms with van der Waals surface area (Å²) >= 11 is 0. The van der Waals surface area contributed by atoms with Crippen LogP contribution in [0.1, 0.15) is 71.0 Å². The highest BCUT2D eigenvalue weighted by molar-refractivity contribution is 6.23. The van der Waals surface area contributed by atoms with Gasteiger partial charge in [-0.3, -0.25) is 39.1 Å². The quantitative estimate of drug-likeness (QED) is 0.200. The summed E-state index contributed by atoms with van der Waals surface area (Å²) < 4.78 is 7.57. The lowest BCUT2D eigenvalue weighted by molar-refractivity contribution is -0.136. The molecule has 8 rings (SSSR count). The molecule has 4 amide bonds. The molecule has 2 aromatic carbocycles. The Labute approximate surface area is 283 Å². The first-order valence-corrected chi connectivity index (χ1v) is 17.1. The minimum Gasteiger partial charge on any atom is -0.385 e. The van der Waals surface area contributed by atoms with Crippen LogP contribution in [0.2, 0.25) is 0 Å². The van der Waals surface area contributed by atoms with Crippen LogP contribution < -0.4 is 15.5 Å². The second kappa shape index (κ2) is 12.7. The number of carbonyl (C=O) groups excluding carboxylic acids is 4. The molecule has 2 N–H and O–H groups in total. The molecule has 2 aromatic heterocycles. The number of anilines is 2. The molecule has 1 atom stereocenters. The third-order valence-electron chi connectivity index (χ3n) is 10.2. The number of ether oxygens (including phenoxy) is 1. The number of nitrogens with one attached hydrogen (secondary N) is 2. The predicted octanol–water partition coefficient (Wildman–Crippen LogP) is 3.88. The van der Waals surface area contributed by atoms with Gasteiger partial charge in [0.05, 0.1) is 59.0 Å². The average molecular weight is 663 g/mol. The van der Waals surface area contributed by atoms with Crippen LogP contribution in [0.3, 0.4) is 0 Å². The molecule has 0 bridgehead atoms. The number of hydrogen-bond donors (Lipinski definition) is 2. The molecule has 3 fully saturated rings. The van der Waals surface area contributed by atoms with Gasteiger partial charge in [0.15, 0.2) is 0 Å². The number of fused-ring (bicyclic) bond motifs is 2. The molecule has 0 radical (unpaired) electrons. The van der Waals surface area contributed by atoms with E-state index in [-0.39, 0.29) is 24.0 Å². The Kier molecular flexibility index (Phi) is 8.06. The molecule has 3 aliphatic heterocycles. The Bertz CT molecular complexity index is 1980. The fraction of sp³-hybridized carbons (Fsp3) is 0.417. The standard InChI is InChI=1S/C36H38N8O5/c1-21-28(31-19-38-30-18-24(5-7-29(30)39-31)42-11-13-49-14-12-42)20-43(41-21)25-15-22(16-25)3-2-10-37-23-4-6-26-27(17-23)36(48)44(35(26)47)32-8-9-33(45)40-34(32)46/h4-7,17-20,22,25,32,37H,2-3,8-16H2,1H3,(H,40,45,46).